The lowest BCUT2D eigenvalue weighted by Crippen LogP contribution is -2.36. The summed E-state index contributed by atoms with van der Waals surface area (Å²) in [6.45, 7) is 4.93. The Balaban J connectivity index is 1.66. The summed E-state index contributed by atoms with van der Waals surface area (Å²) < 4.78 is 6.92. The molecule has 8 heteroatoms. The lowest BCUT2D eigenvalue weighted by molar-refractivity contribution is 0.123. The fourth-order valence-corrected chi connectivity index (χ4v) is 3.61. The lowest BCUT2D eigenvalue weighted by Gasteiger charge is -2.30. The van der Waals surface area contributed by atoms with E-state index in [1.54, 1.807) is 13.2 Å². The largest absolute Gasteiger partial charge is 0.398 e. The van der Waals surface area contributed by atoms with Crippen molar-refractivity contribution in [2.75, 3.05) is 48.0 Å². The molecule has 0 saturated carbocycles. The molecule has 1 fully saturated rings. The first kappa shape index (κ1) is 19.8. The van der Waals surface area contributed by atoms with E-state index in [9.17, 15) is 4.79 Å². The molecule has 2 aromatic carbocycles. The molecule has 1 saturated heterocycles. The van der Waals surface area contributed by atoms with Gasteiger partial charge in [0.15, 0.2) is 5.82 Å². The van der Waals surface area contributed by atoms with Gasteiger partial charge in [0, 0.05) is 43.3 Å². The molecule has 0 atom stereocenters. The lowest BCUT2D eigenvalue weighted by atomic mass is 10.0. The van der Waals surface area contributed by atoms with Gasteiger partial charge in [-0.05, 0) is 36.8 Å². The number of nitrogens with two attached hydrogens (primary N) is 2. The monoisotopic (exact) mass is 406 g/mol. The molecule has 0 aliphatic carbocycles. The van der Waals surface area contributed by atoms with Crippen molar-refractivity contribution in [1.82, 2.24) is 9.55 Å². The SMILES string of the molecule is Cc1c(N)cccc1-c1cn(C)c(=O)c(Nc2ccc(N3CCOCC3)c(N)c2)n1. The van der Waals surface area contributed by atoms with Crippen LogP contribution >= 0.6 is 0 Å². The Labute approximate surface area is 175 Å². The van der Waals surface area contributed by atoms with Crippen LogP contribution in [0.5, 0.6) is 0 Å². The maximum Gasteiger partial charge on any atom is 0.293 e. The highest BCUT2D eigenvalue weighted by Crippen LogP contribution is 2.29. The zero-order chi connectivity index (χ0) is 21.3. The van der Waals surface area contributed by atoms with Crippen LogP contribution in [-0.4, -0.2) is 35.9 Å². The Morgan fingerprint density at radius 2 is 1.87 bits per heavy atom. The molecule has 3 aromatic rings. The van der Waals surface area contributed by atoms with Gasteiger partial charge >= 0.3 is 0 Å². The normalized spacial score (nSPS) is 14.0. The van der Waals surface area contributed by atoms with Crippen LogP contribution in [0.2, 0.25) is 0 Å². The third kappa shape index (κ3) is 3.81. The van der Waals surface area contributed by atoms with E-state index in [0.29, 0.717) is 36.0 Å². The predicted octanol–water partition coefficient (Wildman–Crippen LogP) is 2.50. The van der Waals surface area contributed by atoms with Crippen molar-refractivity contribution in [1.29, 1.82) is 0 Å². The number of rotatable bonds is 4. The Morgan fingerprint density at radius 3 is 2.60 bits per heavy atom. The highest BCUT2D eigenvalue weighted by molar-refractivity contribution is 5.75. The molecular formula is C22H26N6O2. The van der Waals surface area contributed by atoms with Gasteiger partial charge in [0.2, 0.25) is 0 Å². The maximum atomic E-state index is 12.7. The van der Waals surface area contributed by atoms with Crippen molar-refractivity contribution in [3.8, 4) is 11.3 Å². The quantitative estimate of drug-likeness (QED) is 0.571. The third-order valence-corrected chi connectivity index (χ3v) is 5.36. The van der Waals surface area contributed by atoms with Gasteiger partial charge in [0.25, 0.3) is 5.56 Å². The number of ether oxygens (including phenoxy) is 1. The number of hydrogen-bond acceptors (Lipinski definition) is 7. The van der Waals surface area contributed by atoms with Crippen LogP contribution in [0.15, 0.2) is 47.4 Å². The summed E-state index contributed by atoms with van der Waals surface area (Å²) in [5.41, 5.74) is 17.6. The number of anilines is 5. The molecule has 30 heavy (non-hydrogen) atoms. The summed E-state index contributed by atoms with van der Waals surface area (Å²) in [7, 11) is 1.70. The summed E-state index contributed by atoms with van der Waals surface area (Å²) in [5, 5.41) is 3.13. The van der Waals surface area contributed by atoms with Gasteiger partial charge in [-0.15, -0.1) is 0 Å². The molecule has 2 heterocycles. The minimum absolute atomic E-state index is 0.226. The van der Waals surface area contributed by atoms with E-state index in [0.717, 1.165) is 29.9 Å². The zero-order valence-corrected chi connectivity index (χ0v) is 17.2. The van der Waals surface area contributed by atoms with E-state index in [1.807, 2.05) is 43.3 Å². The zero-order valence-electron chi connectivity index (χ0n) is 17.2. The fourth-order valence-electron chi connectivity index (χ4n) is 3.61. The Hall–Kier alpha value is -3.52. The van der Waals surface area contributed by atoms with Gasteiger partial charge in [-0.3, -0.25) is 4.79 Å². The second kappa shape index (κ2) is 8.08. The minimum Gasteiger partial charge on any atom is -0.398 e. The topological polar surface area (TPSA) is 111 Å². The van der Waals surface area contributed by atoms with Crippen LogP contribution in [0.25, 0.3) is 11.3 Å². The number of morpholine rings is 1. The van der Waals surface area contributed by atoms with Crippen LogP contribution in [-0.2, 0) is 11.8 Å². The first-order valence-corrected chi connectivity index (χ1v) is 9.86. The highest BCUT2D eigenvalue weighted by Gasteiger charge is 2.15. The summed E-state index contributed by atoms with van der Waals surface area (Å²) in [5.74, 6) is 0.232. The average Bonchev–Trinajstić information content (AvgIpc) is 2.74. The van der Waals surface area contributed by atoms with E-state index in [1.165, 1.54) is 4.57 Å². The molecule has 0 unspecified atom stereocenters. The molecule has 1 aromatic heterocycles. The molecule has 0 radical (unpaired) electrons. The molecule has 1 aliphatic heterocycles. The van der Waals surface area contributed by atoms with Crippen molar-refractivity contribution in [3.63, 3.8) is 0 Å². The van der Waals surface area contributed by atoms with Crippen LogP contribution in [0.3, 0.4) is 0 Å². The number of hydrogen-bond donors (Lipinski definition) is 3. The van der Waals surface area contributed by atoms with Gasteiger partial charge in [-0.2, -0.15) is 0 Å². The Bertz CT molecular complexity index is 1130. The summed E-state index contributed by atoms with van der Waals surface area (Å²) in [6.07, 6.45) is 1.71. The summed E-state index contributed by atoms with van der Waals surface area (Å²) in [4.78, 5) is 19.4. The number of benzene rings is 2. The molecular weight excluding hydrogens is 380 g/mol. The van der Waals surface area contributed by atoms with E-state index in [-0.39, 0.29) is 11.4 Å². The Kier molecular flexibility index (Phi) is 5.33. The van der Waals surface area contributed by atoms with Crippen LogP contribution in [0.4, 0.5) is 28.6 Å². The van der Waals surface area contributed by atoms with Gasteiger partial charge < -0.3 is 31.0 Å². The van der Waals surface area contributed by atoms with Gasteiger partial charge in [0.05, 0.1) is 30.3 Å². The van der Waals surface area contributed by atoms with Gasteiger partial charge in [0.1, 0.15) is 0 Å². The summed E-state index contributed by atoms with van der Waals surface area (Å²) in [6, 6.07) is 11.4. The van der Waals surface area contributed by atoms with Crippen molar-refractivity contribution in [3.05, 3.63) is 58.5 Å². The van der Waals surface area contributed by atoms with Crippen LogP contribution < -0.4 is 27.2 Å². The van der Waals surface area contributed by atoms with Crippen LogP contribution in [0, 0.1) is 6.92 Å². The second-order valence-corrected chi connectivity index (χ2v) is 7.41. The van der Waals surface area contributed by atoms with E-state index < -0.39 is 0 Å². The number of aryl methyl sites for hydroxylation is 1. The molecule has 5 N–H and O–H groups in total. The number of nitrogens with one attached hydrogen (secondary N) is 1. The number of aromatic nitrogens is 2. The minimum atomic E-state index is -0.226. The molecule has 8 nitrogen and oxygen atoms in total. The summed E-state index contributed by atoms with van der Waals surface area (Å²) >= 11 is 0. The second-order valence-electron chi connectivity index (χ2n) is 7.41. The first-order chi connectivity index (χ1) is 14.4. The molecule has 0 spiro atoms. The van der Waals surface area contributed by atoms with Crippen molar-refractivity contribution >= 4 is 28.6 Å². The van der Waals surface area contributed by atoms with E-state index in [4.69, 9.17) is 16.2 Å². The maximum absolute atomic E-state index is 12.7. The molecule has 0 bridgehead atoms. The number of nitrogens with zero attached hydrogens (tertiary/aromatic N) is 3. The predicted molar refractivity (Wildman–Crippen MR) is 121 cm³/mol. The Morgan fingerprint density at radius 1 is 1.10 bits per heavy atom. The smallest absolute Gasteiger partial charge is 0.293 e. The molecule has 0 amide bonds. The van der Waals surface area contributed by atoms with E-state index >= 15 is 0 Å². The third-order valence-electron chi connectivity index (χ3n) is 5.36. The van der Waals surface area contributed by atoms with Crippen molar-refractivity contribution in [2.45, 2.75) is 6.92 Å². The molecule has 4 rings (SSSR count). The standard InChI is InChI=1S/C22H26N6O2/c1-14-16(4-3-5-17(14)23)19-13-27(2)22(29)21(26-19)25-15-6-7-20(18(24)12-15)28-8-10-30-11-9-28/h3-7,12-13H,8-11,23-24H2,1-2H3,(H,25,26). The molecule has 156 valence electrons. The van der Waals surface area contributed by atoms with Crippen molar-refractivity contribution < 1.29 is 4.74 Å². The van der Waals surface area contributed by atoms with Crippen LogP contribution in [0.1, 0.15) is 5.56 Å². The molecule has 1 aliphatic rings. The van der Waals surface area contributed by atoms with Gasteiger partial charge in [-0.1, -0.05) is 12.1 Å². The highest BCUT2D eigenvalue weighted by atomic mass is 16.5. The first-order valence-electron chi connectivity index (χ1n) is 9.86. The van der Waals surface area contributed by atoms with E-state index in [2.05, 4.69) is 15.2 Å². The van der Waals surface area contributed by atoms with Gasteiger partial charge in [-0.25, -0.2) is 4.98 Å². The van der Waals surface area contributed by atoms with Crippen molar-refractivity contribution in [2.24, 2.45) is 7.05 Å². The average molecular weight is 406 g/mol. The fraction of sp³-hybridized carbons (Fsp3) is 0.273. The number of nitrogen functional groups attached to an aromatic ring is 2.